The SMILES string of the molecule is CCOC(=O)c1cnn(-c2ccccc2)c1NC(=O)CSC1=NC(=O)C(c2ccccc2)C(=O)N1. The van der Waals surface area contributed by atoms with Crippen LogP contribution in [0.5, 0.6) is 0 Å². The van der Waals surface area contributed by atoms with Gasteiger partial charge < -0.3 is 15.4 Å². The number of anilines is 1. The average Bonchev–Trinajstić information content (AvgIpc) is 3.27. The van der Waals surface area contributed by atoms with Gasteiger partial charge in [0, 0.05) is 0 Å². The summed E-state index contributed by atoms with van der Waals surface area (Å²) in [5, 5.41) is 9.51. The molecule has 0 aliphatic carbocycles. The first-order valence-electron chi connectivity index (χ1n) is 10.7. The quantitative estimate of drug-likeness (QED) is 0.383. The lowest BCUT2D eigenvalue weighted by molar-refractivity contribution is -0.129. The van der Waals surface area contributed by atoms with Gasteiger partial charge in [0.2, 0.25) is 11.8 Å². The number of carbonyl (C=O) groups excluding carboxylic acids is 4. The third-order valence-electron chi connectivity index (χ3n) is 4.95. The van der Waals surface area contributed by atoms with Crippen LogP contribution in [0, 0.1) is 0 Å². The van der Waals surface area contributed by atoms with E-state index in [1.165, 1.54) is 10.9 Å². The van der Waals surface area contributed by atoms with E-state index in [0.717, 1.165) is 11.8 Å². The van der Waals surface area contributed by atoms with Gasteiger partial charge in [-0.25, -0.2) is 9.48 Å². The molecule has 0 radical (unpaired) electrons. The van der Waals surface area contributed by atoms with Gasteiger partial charge in [-0.3, -0.25) is 14.4 Å². The predicted octanol–water partition coefficient (Wildman–Crippen LogP) is 2.52. The molecule has 2 heterocycles. The molecule has 4 rings (SSSR count). The van der Waals surface area contributed by atoms with Crippen molar-refractivity contribution in [3.05, 3.63) is 78.0 Å². The number of amidine groups is 1. The van der Waals surface area contributed by atoms with E-state index in [-0.39, 0.29) is 28.9 Å². The predicted molar refractivity (Wildman–Crippen MR) is 130 cm³/mol. The normalized spacial score (nSPS) is 15.2. The Bertz CT molecular complexity index is 1290. The van der Waals surface area contributed by atoms with Crippen LogP contribution in [0.2, 0.25) is 0 Å². The van der Waals surface area contributed by atoms with Crippen molar-refractivity contribution in [1.82, 2.24) is 15.1 Å². The number of benzene rings is 2. The summed E-state index contributed by atoms with van der Waals surface area (Å²) in [7, 11) is 0. The molecule has 35 heavy (non-hydrogen) atoms. The Morgan fingerprint density at radius 2 is 1.77 bits per heavy atom. The van der Waals surface area contributed by atoms with Crippen molar-refractivity contribution < 1.29 is 23.9 Å². The molecule has 1 aliphatic rings. The first kappa shape index (κ1) is 23.9. The van der Waals surface area contributed by atoms with Gasteiger partial charge in [-0.2, -0.15) is 10.1 Å². The Balaban J connectivity index is 1.47. The zero-order valence-electron chi connectivity index (χ0n) is 18.6. The van der Waals surface area contributed by atoms with Crippen LogP contribution in [0.4, 0.5) is 5.82 Å². The van der Waals surface area contributed by atoms with Crippen molar-refractivity contribution in [3.8, 4) is 5.69 Å². The molecule has 2 N–H and O–H groups in total. The highest BCUT2D eigenvalue weighted by Gasteiger charge is 2.33. The van der Waals surface area contributed by atoms with Crippen LogP contribution in [-0.2, 0) is 19.1 Å². The van der Waals surface area contributed by atoms with Gasteiger partial charge in [0.15, 0.2) is 11.0 Å². The number of nitrogens with zero attached hydrogens (tertiary/aromatic N) is 3. The third kappa shape index (κ3) is 5.46. The summed E-state index contributed by atoms with van der Waals surface area (Å²) >= 11 is 0.898. The highest BCUT2D eigenvalue weighted by Crippen LogP contribution is 2.24. The molecule has 1 aromatic heterocycles. The van der Waals surface area contributed by atoms with E-state index >= 15 is 0 Å². The fourth-order valence-corrected chi connectivity index (χ4v) is 4.05. The molecule has 11 heteroatoms. The summed E-state index contributed by atoms with van der Waals surface area (Å²) in [5.74, 6) is -3.28. The standard InChI is InChI=1S/C24H21N5O5S/c1-2-34-23(33)17-13-25-29(16-11-7-4-8-12-16)20(17)26-18(30)14-35-24-27-21(31)19(22(32)28-24)15-9-5-3-6-10-15/h3-13,19H,2,14H2,1H3,(H,26,30)(H,27,28,31,32). The number of hydrogen-bond acceptors (Lipinski definition) is 7. The molecule has 1 atom stereocenters. The Kier molecular flexibility index (Phi) is 7.36. The monoisotopic (exact) mass is 491 g/mol. The van der Waals surface area contributed by atoms with Gasteiger partial charge in [0.1, 0.15) is 11.5 Å². The second-order valence-corrected chi connectivity index (χ2v) is 8.26. The highest BCUT2D eigenvalue weighted by atomic mass is 32.2. The van der Waals surface area contributed by atoms with Crippen molar-refractivity contribution >= 4 is 46.4 Å². The molecule has 3 amide bonds. The van der Waals surface area contributed by atoms with E-state index in [0.29, 0.717) is 11.3 Å². The van der Waals surface area contributed by atoms with Crippen molar-refractivity contribution in [2.45, 2.75) is 12.8 Å². The number of carbonyl (C=O) groups is 4. The van der Waals surface area contributed by atoms with E-state index in [2.05, 4.69) is 20.7 Å². The van der Waals surface area contributed by atoms with Crippen LogP contribution in [0.1, 0.15) is 28.8 Å². The molecule has 178 valence electrons. The van der Waals surface area contributed by atoms with Gasteiger partial charge in [0.25, 0.3) is 5.91 Å². The van der Waals surface area contributed by atoms with Crippen LogP contribution in [-0.4, -0.2) is 51.0 Å². The number of ether oxygens (including phenoxy) is 1. The van der Waals surface area contributed by atoms with Crippen molar-refractivity contribution in [1.29, 1.82) is 0 Å². The maximum absolute atomic E-state index is 12.7. The molecule has 0 bridgehead atoms. The first-order valence-corrected chi connectivity index (χ1v) is 11.7. The molecule has 0 saturated carbocycles. The molecule has 1 aliphatic heterocycles. The number of rotatable bonds is 7. The molecule has 10 nitrogen and oxygen atoms in total. The average molecular weight is 492 g/mol. The number of esters is 1. The van der Waals surface area contributed by atoms with E-state index in [9.17, 15) is 19.2 Å². The maximum atomic E-state index is 12.7. The Morgan fingerprint density at radius 1 is 1.09 bits per heavy atom. The van der Waals surface area contributed by atoms with Crippen molar-refractivity contribution in [2.75, 3.05) is 17.7 Å². The summed E-state index contributed by atoms with van der Waals surface area (Å²) < 4.78 is 6.49. The lowest BCUT2D eigenvalue weighted by Crippen LogP contribution is -2.41. The van der Waals surface area contributed by atoms with Crippen LogP contribution in [0.25, 0.3) is 5.69 Å². The van der Waals surface area contributed by atoms with E-state index in [4.69, 9.17) is 4.74 Å². The molecular formula is C24H21N5O5S. The van der Waals surface area contributed by atoms with E-state index in [1.54, 1.807) is 61.5 Å². The fourth-order valence-electron chi connectivity index (χ4n) is 3.38. The minimum Gasteiger partial charge on any atom is -0.462 e. The largest absolute Gasteiger partial charge is 0.462 e. The maximum Gasteiger partial charge on any atom is 0.343 e. The van der Waals surface area contributed by atoms with Crippen molar-refractivity contribution in [3.63, 3.8) is 0 Å². The number of aromatic nitrogens is 2. The lowest BCUT2D eigenvalue weighted by Gasteiger charge is -2.19. The zero-order chi connectivity index (χ0) is 24.8. The molecule has 1 unspecified atom stereocenters. The van der Waals surface area contributed by atoms with E-state index < -0.39 is 29.6 Å². The Morgan fingerprint density at radius 3 is 2.43 bits per heavy atom. The number of aliphatic imine (C=N–C) groups is 1. The van der Waals surface area contributed by atoms with Gasteiger partial charge >= 0.3 is 5.97 Å². The van der Waals surface area contributed by atoms with Crippen molar-refractivity contribution in [2.24, 2.45) is 4.99 Å². The second-order valence-electron chi connectivity index (χ2n) is 7.30. The molecule has 0 fully saturated rings. The summed E-state index contributed by atoms with van der Waals surface area (Å²) in [4.78, 5) is 54.0. The van der Waals surface area contributed by atoms with Crippen LogP contribution in [0.3, 0.4) is 0 Å². The minimum atomic E-state index is -1.03. The fraction of sp³-hybridized carbons (Fsp3) is 0.167. The van der Waals surface area contributed by atoms with E-state index in [1.807, 2.05) is 6.07 Å². The minimum absolute atomic E-state index is 0.0320. The Labute approximate surface area is 204 Å². The summed E-state index contributed by atoms with van der Waals surface area (Å²) in [6.07, 6.45) is 1.32. The van der Waals surface area contributed by atoms with Gasteiger partial charge in [-0.05, 0) is 24.6 Å². The number of nitrogens with one attached hydrogen (secondary N) is 2. The lowest BCUT2D eigenvalue weighted by atomic mass is 9.97. The second kappa shape index (κ2) is 10.8. The molecular weight excluding hydrogens is 470 g/mol. The molecule has 3 aromatic rings. The van der Waals surface area contributed by atoms with Crippen LogP contribution < -0.4 is 10.6 Å². The summed E-state index contributed by atoms with van der Waals surface area (Å²) in [5.41, 5.74) is 1.27. The van der Waals surface area contributed by atoms with Gasteiger partial charge in [0.05, 0.1) is 24.2 Å². The van der Waals surface area contributed by atoms with Crippen LogP contribution in [0.15, 0.2) is 71.9 Å². The smallest absolute Gasteiger partial charge is 0.343 e. The summed E-state index contributed by atoms with van der Waals surface area (Å²) in [6.45, 7) is 1.84. The topological polar surface area (TPSA) is 132 Å². The summed E-state index contributed by atoms with van der Waals surface area (Å²) in [6, 6.07) is 17.6. The molecule has 0 saturated heterocycles. The van der Waals surface area contributed by atoms with Crippen LogP contribution >= 0.6 is 11.8 Å². The molecule has 0 spiro atoms. The first-order chi connectivity index (χ1) is 17.0. The molecule has 2 aromatic carbocycles. The Hall–Kier alpha value is -4.25. The number of para-hydroxylation sites is 1. The third-order valence-corrected chi connectivity index (χ3v) is 5.82. The van der Waals surface area contributed by atoms with Gasteiger partial charge in [-0.1, -0.05) is 60.3 Å². The number of thioether (sulfide) groups is 1. The number of amides is 3. The highest BCUT2D eigenvalue weighted by molar-refractivity contribution is 8.14. The van der Waals surface area contributed by atoms with Gasteiger partial charge in [-0.15, -0.1) is 0 Å². The zero-order valence-corrected chi connectivity index (χ0v) is 19.5. The number of hydrogen-bond donors (Lipinski definition) is 2.